The minimum Gasteiger partial charge on any atom is -0.368 e. The van der Waals surface area contributed by atoms with Crippen LogP contribution in [0.1, 0.15) is 18.9 Å². The molecular formula is C19H26Cl2N4O2. The van der Waals surface area contributed by atoms with Crippen LogP contribution in [0.25, 0.3) is 0 Å². The summed E-state index contributed by atoms with van der Waals surface area (Å²) in [4.78, 5) is 25.3. The molecule has 0 unspecified atom stereocenters. The van der Waals surface area contributed by atoms with Crippen molar-refractivity contribution in [3.8, 4) is 0 Å². The van der Waals surface area contributed by atoms with Crippen LogP contribution >= 0.6 is 24.8 Å². The van der Waals surface area contributed by atoms with Gasteiger partial charge in [-0.15, -0.1) is 24.8 Å². The first-order valence-electron chi connectivity index (χ1n) is 8.23. The van der Waals surface area contributed by atoms with Gasteiger partial charge in [0.1, 0.15) is 0 Å². The van der Waals surface area contributed by atoms with Crippen molar-refractivity contribution in [3.63, 3.8) is 0 Å². The van der Waals surface area contributed by atoms with E-state index in [1.807, 2.05) is 60.4 Å². The molecular weight excluding hydrogens is 387 g/mol. The molecule has 0 saturated heterocycles. The van der Waals surface area contributed by atoms with Gasteiger partial charge in [-0.25, -0.2) is 0 Å². The summed E-state index contributed by atoms with van der Waals surface area (Å²) < 4.78 is 0. The van der Waals surface area contributed by atoms with Crippen LogP contribution in [0.3, 0.4) is 0 Å². The molecule has 0 aliphatic carbocycles. The van der Waals surface area contributed by atoms with Gasteiger partial charge < -0.3 is 21.7 Å². The highest BCUT2D eigenvalue weighted by molar-refractivity contribution is 5.95. The number of nitrogens with zero attached hydrogens (tertiary/aromatic N) is 1. The molecule has 2 rings (SSSR count). The minimum absolute atomic E-state index is 0. The monoisotopic (exact) mass is 412 g/mol. The largest absolute Gasteiger partial charge is 0.368 e. The molecule has 5 N–H and O–H groups in total. The Hall–Kier alpha value is -2.28. The Morgan fingerprint density at radius 2 is 1.74 bits per heavy atom. The van der Waals surface area contributed by atoms with Crippen molar-refractivity contribution in [1.82, 2.24) is 0 Å². The van der Waals surface area contributed by atoms with Crippen LogP contribution in [0.4, 0.5) is 11.4 Å². The molecule has 2 amide bonds. The van der Waals surface area contributed by atoms with Gasteiger partial charge in [0.2, 0.25) is 11.8 Å². The van der Waals surface area contributed by atoms with Crippen molar-refractivity contribution in [2.24, 2.45) is 11.5 Å². The summed E-state index contributed by atoms with van der Waals surface area (Å²) in [6.07, 6.45) is 0.563. The number of halogens is 2. The Labute approximate surface area is 172 Å². The number of carbonyl (C=O) groups excluding carboxylic acids is 2. The minimum atomic E-state index is -0.547. The lowest BCUT2D eigenvalue weighted by Crippen LogP contribution is -2.35. The van der Waals surface area contributed by atoms with Crippen molar-refractivity contribution in [3.05, 3.63) is 60.2 Å². The van der Waals surface area contributed by atoms with Crippen LogP contribution in [0.2, 0.25) is 0 Å². The zero-order valence-corrected chi connectivity index (χ0v) is 16.8. The standard InChI is InChI=1S/C19H24N4O2.2ClH/c1-2-17(20)19(25)22-15-9-6-10-16(11-15)23(13-18(21)24)12-14-7-4-3-5-8-14;;/h3-11,17H,2,12-13,20H2,1H3,(H2,21,24)(H,22,25);2*1H/t17-;;/m0../s1. The van der Waals surface area contributed by atoms with Crippen LogP contribution in [0, 0.1) is 0 Å². The molecule has 0 aliphatic heterocycles. The van der Waals surface area contributed by atoms with Gasteiger partial charge in [-0.2, -0.15) is 0 Å². The lowest BCUT2D eigenvalue weighted by Gasteiger charge is -2.24. The van der Waals surface area contributed by atoms with E-state index in [0.29, 0.717) is 18.7 Å². The Bertz CT molecular complexity index is 729. The average molecular weight is 413 g/mol. The summed E-state index contributed by atoms with van der Waals surface area (Å²) in [6, 6.07) is 16.6. The van der Waals surface area contributed by atoms with Crippen molar-refractivity contribution < 1.29 is 9.59 Å². The molecule has 2 aromatic rings. The second-order valence-electron chi connectivity index (χ2n) is 5.86. The molecule has 27 heavy (non-hydrogen) atoms. The van der Waals surface area contributed by atoms with Crippen LogP contribution in [-0.4, -0.2) is 24.4 Å². The summed E-state index contributed by atoms with van der Waals surface area (Å²) in [7, 11) is 0. The quantitative estimate of drug-likeness (QED) is 0.619. The molecule has 2 aromatic carbocycles. The first-order valence-corrected chi connectivity index (χ1v) is 8.23. The van der Waals surface area contributed by atoms with E-state index < -0.39 is 11.9 Å². The number of hydrogen-bond acceptors (Lipinski definition) is 4. The molecule has 8 heteroatoms. The summed E-state index contributed by atoms with van der Waals surface area (Å²) in [5.41, 5.74) is 13.6. The van der Waals surface area contributed by atoms with E-state index in [2.05, 4.69) is 5.32 Å². The number of carbonyl (C=O) groups is 2. The van der Waals surface area contributed by atoms with Gasteiger partial charge in [-0.3, -0.25) is 9.59 Å². The molecule has 0 bridgehead atoms. The summed E-state index contributed by atoms with van der Waals surface area (Å²) in [5, 5.41) is 2.80. The highest BCUT2D eigenvalue weighted by Gasteiger charge is 2.14. The normalized spacial score (nSPS) is 10.7. The van der Waals surface area contributed by atoms with Crippen LogP contribution in [0.5, 0.6) is 0 Å². The zero-order valence-electron chi connectivity index (χ0n) is 15.1. The molecule has 0 aliphatic rings. The van der Waals surface area contributed by atoms with E-state index in [1.54, 1.807) is 6.07 Å². The fourth-order valence-electron chi connectivity index (χ4n) is 2.43. The van der Waals surface area contributed by atoms with E-state index in [1.165, 1.54) is 0 Å². The van der Waals surface area contributed by atoms with Crippen molar-refractivity contribution in [1.29, 1.82) is 0 Å². The number of rotatable bonds is 8. The maximum Gasteiger partial charge on any atom is 0.241 e. The van der Waals surface area contributed by atoms with E-state index >= 15 is 0 Å². The van der Waals surface area contributed by atoms with Gasteiger partial charge in [0.05, 0.1) is 12.6 Å². The molecule has 1 atom stereocenters. The lowest BCUT2D eigenvalue weighted by atomic mass is 10.1. The topological polar surface area (TPSA) is 101 Å². The van der Waals surface area contributed by atoms with Crippen molar-refractivity contribution in [2.75, 3.05) is 16.8 Å². The van der Waals surface area contributed by atoms with Crippen LogP contribution < -0.4 is 21.7 Å². The van der Waals surface area contributed by atoms with Gasteiger partial charge in [0.25, 0.3) is 0 Å². The number of anilines is 2. The molecule has 6 nitrogen and oxygen atoms in total. The molecule has 0 saturated carbocycles. The maximum absolute atomic E-state index is 12.0. The number of nitrogens with two attached hydrogens (primary N) is 2. The summed E-state index contributed by atoms with van der Waals surface area (Å²) >= 11 is 0. The highest BCUT2D eigenvalue weighted by Crippen LogP contribution is 2.21. The van der Waals surface area contributed by atoms with E-state index in [0.717, 1.165) is 11.3 Å². The maximum atomic E-state index is 12.0. The smallest absolute Gasteiger partial charge is 0.241 e. The van der Waals surface area contributed by atoms with Crippen molar-refractivity contribution >= 4 is 48.0 Å². The third kappa shape index (κ3) is 7.86. The fraction of sp³-hybridized carbons (Fsp3) is 0.263. The second-order valence-corrected chi connectivity index (χ2v) is 5.86. The zero-order chi connectivity index (χ0) is 18.2. The Morgan fingerprint density at radius 3 is 2.33 bits per heavy atom. The van der Waals surface area contributed by atoms with Gasteiger partial charge in [0, 0.05) is 17.9 Å². The first-order chi connectivity index (χ1) is 12.0. The Balaban J connectivity index is 0.00000338. The molecule has 0 heterocycles. The molecule has 0 spiro atoms. The summed E-state index contributed by atoms with van der Waals surface area (Å²) in [5.74, 6) is -0.650. The van der Waals surface area contributed by atoms with Crippen LogP contribution in [0.15, 0.2) is 54.6 Å². The second kappa shape index (κ2) is 12.2. The van der Waals surface area contributed by atoms with Gasteiger partial charge in [-0.05, 0) is 30.2 Å². The van der Waals surface area contributed by atoms with E-state index in [-0.39, 0.29) is 37.3 Å². The van der Waals surface area contributed by atoms with E-state index in [9.17, 15) is 9.59 Å². The lowest BCUT2D eigenvalue weighted by molar-refractivity contribution is -0.118. The third-order valence-corrected chi connectivity index (χ3v) is 3.82. The predicted molar refractivity (Wildman–Crippen MR) is 115 cm³/mol. The number of hydrogen-bond donors (Lipinski definition) is 3. The fourth-order valence-corrected chi connectivity index (χ4v) is 2.43. The Kier molecular flexibility index (Phi) is 11.1. The molecule has 0 aromatic heterocycles. The third-order valence-electron chi connectivity index (χ3n) is 3.82. The van der Waals surface area contributed by atoms with Crippen molar-refractivity contribution in [2.45, 2.75) is 25.9 Å². The predicted octanol–water partition coefficient (Wildman–Crippen LogP) is 2.70. The van der Waals surface area contributed by atoms with Gasteiger partial charge in [0.15, 0.2) is 0 Å². The Morgan fingerprint density at radius 1 is 1.07 bits per heavy atom. The van der Waals surface area contributed by atoms with Gasteiger partial charge in [-0.1, -0.05) is 43.3 Å². The van der Waals surface area contributed by atoms with Crippen LogP contribution in [-0.2, 0) is 16.1 Å². The number of amides is 2. The first kappa shape index (κ1) is 24.7. The summed E-state index contributed by atoms with van der Waals surface area (Å²) in [6.45, 7) is 2.48. The highest BCUT2D eigenvalue weighted by atomic mass is 35.5. The van der Waals surface area contributed by atoms with Gasteiger partial charge >= 0.3 is 0 Å². The van der Waals surface area contributed by atoms with E-state index in [4.69, 9.17) is 11.5 Å². The molecule has 0 fully saturated rings. The number of primary amides is 1. The molecule has 0 radical (unpaired) electrons. The number of benzene rings is 2. The number of nitrogens with one attached hydrogen (secondary N) is 1. The SMILES string of the molecule is CC[C@H](N)C(=O)Nc1cccc(N(CC(N)=O)Cc2ccccc2)c1.Cl.Cl. The molecule has 148 valence electrons. The average Bonchev–Trinajstić information content (AvgIpc) is 2.61.